The van der Waals surface area contributed by atoms with Crippen LogP contribution in [0.3, 0.4) is 0 Å². The molecular formula is C12H22F2N2O2. The Balaban J connectivity index is 2.31. The summed E-state index contributed by atoms with van der Waals surface area (Å²) in [7, 11) is 0. The second kappa shape index (κ2) is 7.63. The maximum atomic E-state index is 12.2. The molecule has 1 heterocycles. The first-order valence-electron chi connectivity index (χ1n) is 6.48. The second-order valence-corrected chi connectivity index (χ2v) is 4.76. The molecule has 1 atom stereocenters. The van der Waals surface area contributed by atoms with E-state index >= 15 is 0 Å². The number of halogens is 2. The van der Waals surface area contributed by atoms with Gasteiger partial charge < -0.3 is 10.4 Å². The normalized spacial score (nSPS) is 20.1. The van der Waals surface area contributed by atoms with Gasteiger partial charge in [-0.3, -0.25) is 9.69 Å². The fourth-order valence-electron chi connectivity index (χ4n) is 2.17. The fraction of sp³-hybridized carbons (Fsp3) is 0.917. The molecule has 1 amide bonds. The zero-order valence-electron chi connectivity index (χ0n) is 10.7. The molecule has 0 aromatic rings. The van der Waals surface area contributed by atoms with Gasteiger partial charge in [-0.05, 0) is 32.4 Å². The number of nitrogens with zero attached hydrogens (tertiary/aromatic N) is 1. The van der Waals surface area contributed by atoms with Crippen LogP contribution in [0.2, 0.25) is 0 Å². The number of likely N-dealkylation sites (tertiary alicyclic amines) is 1. The lowest BCUT2D eigenvalue weighted by atomic mass is 9.95. The van der Waals surface area contributed by atoms with Gasteiger partial charge in [0, 0.05) is 5.92 Å². The number of alkyl halides is 2. The number of nitrogens with one attached hydrogen (secondary N) is 1. The maximum absolute atomic E-state index is 12.2. The van der Waals surface area contributed by atoms with Gasteiger partial charge in [0.15, 0.2) is 0 Å². The first-order chi connectivity index (χ1) is 8.56. The largest absolute Gasteiger partial charge is 0.394 e. The summed E-state index contributed by atoms with van der Waals surface area (Å²) in [6.07, 6.45) is -0.401. The molecule has 0 radical (unpaired) electrons. The number of carbonyl (C=O) groups excluding carboxylic acids is 1. The van der Waals surface area contributed by atoms with E-state index in [1.54, 1.807) is 4.90 Å². The van der Waals surface area contributed by atoms with Crippen LogP contribution in [0.4, 0.5) is 8.78 Å². The summed E-state index contributed by atoms with van der Waals surface area (Å²) < 4.78 is 24.4. The van der Waals surface area contributed by atoms with Crippen molar-refractivity contribution in [1.82, 2.24) is 10.2 Å². The van der Waals surface area contributed by atoms with Crippen molar-refractivity contribution in [3.05, 3.63) is 0 Å². The number of aliphatic hydroxyl groups excluding tert-OH is 1. The molecule has 4 nitrogen and oxygen atoms in total. The van der Waals surface area contributed by atoms with E-state index in [1.807, 2.05) is 6.92 Å². The quantitative estimate of drug-likeness (QED) is 0.748. The van der Waals surface area contributed by atoms with Gasteiger partial charge in [-0.2, -0.15) is 0 Å². The highest BCUT2D eigenvalue weighted by Crippen LogP contribution is 2.18. The van der Waals surface area contributed by atoms with E-state index in [4.69, 9.17) is 5.11 Å². The fourth-order valence-corrected chi connectivity index (χ4v) is 2.17. The Morgan fingerprint density at radius 1 is 1.44 bits per heavy atom. The first-order valence-corrected chi connectivity index (χ1v) is 6.48. The van der Waals surface area contributed by atoms with Gasteiger partial charge in [0.2, 0.25) is 5.91 Å². The molecule has 0 aliphatic carbocycles. The number of aliphatic hydroxyl groups is 1. The lowest BCUT2D eigenvalue weighted by Crippen LogP contribution is -2.45. The predicted molar refractivity (Wildman–Crippen MR) is 64.5 cm³/mol. The van der Waals surface area contributed by atoms with Crippen LogP contribution in [-0.2, 0) is 4.79 Å². The topological polar surface area (TPSA) is 52.6 Å². The highest BCUT2D eigenvalue weighted by molar-refractivity contribution is 5.79. The van der Waals surface area contributed by atoms with Crippen molar-refractivity contribution in [3.8, 4) is 0 Å². The highest BCUT2D eigenvalue weighted by atomic mass is 19.3. The number of piperidine rings is 1. The molecule has 6 heteroatoms. The summed E-state index contributed by atoms with van der Waals surface area (Å²) in [5.74, 6) is -0.174. The van der Waals surface area contributed by atoms with Crippen molar-refractivity contribution >= 4 is 5.91 Å². The van der Waals surface area contributed by atoms with Crippen LogP contribution < -0.4 is 5.32 Å². The van der Waals surface area contributed by atoms with Gasteiger partial charge in [-0.15, -0.1) is 0 Å². The molecule has 1 saturated heterocycles. The smallest absolute Gasteiger partial charge is 0.251 e. The summed E-state index contributed by atoms with van der Waals surface area (Å²) in [6, 6.07) is -0.198. The summed E-state index contributed by atoms with van der Waals surface area (Å²) in [4.78, 5) is 13.6. The van der Waals surface area contributed by atoms with Crippen LogP contribution in [0.25, 0.3) is 0 Å². The number of hydrogen-bond donors (Lipinski definition) is 2. The van der Waals surface area contributed by atoms with Crippen molar-refractivity contribution in [2.24, 2.45) is 5.92 Å². The summed E-state index contributed by atoms with van der Waals surface area (Å²) in [6.45, 7) is 2.71. The van der Waals surface area contributed by atoms with Gasteiger partial charge in [0.1, 0.15) is 0 Å². The Kier molecular flexibility index (Phi) is 6.49. The number of rotatable bonds is 6. The lowest BCUT2D eigenvalue weighted by molar-refractivity contribution is -0.127. The van der Waals surface area contributed by atoms with Crippen molar-refractivity contribution in [2.75, 3.05) is 26.2 Å². The van der Waals surface area contributed by atoms with Crippen LogP contribution in [0.1, 0.15) is 26.2 Å². The van der Waals surface area contributed by atoms with Crippen LogP contribution >= 0.6 is 0 Å². The molecule has 1 rings (SSSR count). The molecule has 0 spiro atoms. The van der Waals surface area contributed by atoms with Crippen molar-refractivity contribution < 1.29 is 18.7 Å². The van der Waals surface area contributed by atoms with E-state index in [2.05, 4.69) is 5.32 Å². The molecule has 1 aliphatic heterocycles. The average Bonchev–Trinajstić information content (AvgIpc) is 2.35. The van der Waals surface area contributed by atoms with E-state index < -0.39 is 6.43 Å². The van der Waals surface area contributed by atoms with Crippen LogP contribution in [0.15, 0.2) is 0 Å². The Hall–Kier alpha value is -0.750. The predicted octanol–water partition coefficient (Wildman–Crippen LogP) is 0.851. The zero-order chi connectivity index (χ0) is 13.5. The summed E-state index contributed by atoms with van der Waals surface area (Å²) in [5, 5.41) is 11.8. The molecule has 0 aromatic heterocycles. The third-order valence-electron chi connectivity index (χ3n) is 3.41. The van der Waals surface area contributed by atoms with Crippen molar-refractivity contribution in [3.63, 3.8) is 0 Å². The van der Waals surface area contributed by atoms with Crippen LogP contribution in [0.5, 0.6) is 0 Å². The van der Waals surface area contributed by atoms with E-state index in [-0.39, 0.29) is 31.0 Å². The SMILES string of the molecule is CC[C@H](CO)NC(=O)C1CCN(CC(F)F)CC1. The minimum absolute atomic E-state index is 0.0624. The molecular weight excluding hydrogens is 242 g/mol. The third-order valence-corrected chi connectivity index (χ3v) is 3.41. The van der Waals surface area contributed by atoms with E-state index in [9.17, 15) is 13.6 Å². The third kappa shape index (κ3) is 4.86. The monoisotopic (exact) mass is 264 g/mol. The first kappa shape index (κ1) is 15.3. The Bertz CT molecular complexity index is 252. The second-order valence-electron chi connectivity index (χ2n) is 4.76. The standard InChI is InChI=1S/C12H22F2N2O2/c1-2-10(8-17)15-12(18)9-3-5-16(6-4-9)7-11(13)14/h9-11,17H,2-8H2,1H3,(H,15,18)/t10-/m1/s1. The molecule has 1 fully saturated rings. The van der Waals surface area contributed by atoms with Gasteiger partial charge in [0.05, 0.1) is 19.2 Å². The molecule has 2 N–H and O–H groups in total. The maximum Gasteiger partial charge on any atom is 0.251 e. The van der Waals surface area contributed by atoms with Gasteiger partial charge in [-0.1, -0.05) is 6.92 Å². The Labute approximate surface area is 106 Å². The van der Waals surface area contributed by atoms with Gasteiger partial charge >= 0.3 is 0 Å². The average molecular weight is 264 g/mol. The number of hydrogen-bond acceptors (Lipinski definition) is 3. The molecule has 0 unspecified atom stereocenters. The van der Waals surface area contributed by atoms with E-state index in [0.29, 0.717) is 32.4 Å². The summed E-state index contributed by atoms with van der Waals surface area (Å²) >= 11 is 0. The van der Waals surface area contributed by atoms with Crippen molar-refractivity contribution in [1.29, 1.82) is 0 Å². The highest BCUT2D eigenvalue weighted by Gasteiger charge is 2.26. The van der Waals surface area contributed by atoms with Gasteiger partial charge in [-0.25, -0.2) is 8.78 Å². The van der Waals surface area contributed by atoms with E-state index in [1.165, 1.54) is 0 Å². The van der Waals surface area contributed by atoms with Crippen LogP contribution in [0, 0.1) is 5.92 Å². The molecule has 1 aliphatic rings. The lowest BCUT2D eigenvalue weighted by Gasteiger charge is -2.31. The van der Waals surface area contributed by atoms with E-state index in [0.717, 1.165) is 0 Å². The number of amides is 1. The molecule has 0 aromatic carbocycles. The van der Waals surface area contributed by atoms with Crippen LogP contribution in [-0.4, -0.2) is 54.6 Å². The minimum atomic E-state index is -2.31. The van der Waals surface area contributed by atoms with Gasteiger partial charge in [0.25, 0.3) is 6.43 Å². The molecule has 0 bridgehead atoms. The molecule has 106 valence electrons. The Morgan fingerprint density at radius 2 is 2.06 bits per heavy atom. The number of carbonyl (C=O) groups is 1. The van der Waals surface area contributed by atoms with Crippen molar-refractivity contribution in [2.45, 2.75) is 38.7 Å². The zero-order valence-corrected chi connectivity index (χ0v) is 10.7. The Morgan fingerprint density at radius 3 is 2.50 bits per heavy atom. The molecule has 0 saturated carbocycles. The minimum Gasteiger partial charge on any atom is -0.394 e. The molecule has 18 heavy (non-hydrogen) atoms. The summed E-state index contributed by atoms with van der Waals surface area (Å²) in [5.41, 5.74) is 0.